The van der Waals surface area contributed by atoms with Gasteiger partial charge in [0.25, 0.3) is 0 Å². The zero-order chi connectivity index (χ0) is 21.9. The number of carbonyl (C=O) groups is 1. The van der Waals surface area contributed by atoms with E-state index in [1.165, 1.54) is 4.70 Å². The molecule has 172 valence electrons. The Hall–Kier alpha value is -2.74. The van der Waals surface area contributed by atoms with E-state index < -0.39 is 0 Å². The van der Waals surface area contributed by atoms with Crippen LogP contribution in [0.15, 0.2) is 59.7 Å². The number of nitrogens with zero attached hydrogens (tertiary/aromatic N) is 4. The fourth-order valence-electron chi connectivity index (χ4n) is 4.30. The lowest BCUT2D eigenvalue weighted by atomic mass is 9.98. The second kappa shape index (κ2) is 10.5. The largest absolute Gasteiger partial charge is 0.316 e. The zero-order valence-electron chi connectivity index (χ0n) is 18.6. The maximum atomic E-state index is 13.2. The van der Waals surface area contributed by atoms with Gasteiger partial charge >= 0.3 is 0 Å². The number of imidazole rings is 1. The Morgan fingerprint density at radius 3 is 2.79 bits per heavy atom. The first-order chi connectivity index (χ1) is 15.8. The number of para-hydroxylation sites is 1. The lowest BCUT2D eigenvalue weighted by Crippen LogP contribution is -2.41. The van der Waals surface area contributed by atoms with Crippen LogP contribution in [0, 0.1) is 5.92 Å². The van der Waals surface area contributed by atoms with Crippen molar-refractivity contribution in [2.45, 2.75) is 26.2 Å². The minimum absolute atomic E-state index is 0. The third-order valence-electron chi connectivity index (χ3n) is 5.89. The highest BCUT2D eigenvalue weighted by atomic mass is 35.5. The Morgan fingerprint density at radius 1 is 1.24 bits per heavy atom. The first-order valence-electron chi connectivity index (χ1n) is 11.3. The number of hydrogen-bond donors (Lipinski definition) is 1. The van der Waals surface area contributed by atoms with Gasteiger partial charge in [0.05, 0.1) is 33.7 Å². The molecule has 5 rings (SSSR count). The van der Waals surface area contributed by atoms with Crippen molar-refractivity contribution in [3.63, 3.8) is 0 Å². The summed E-state index contributed by atoms with van der Waals surface area (Å²) in [6.07, 6.45) is 4.63. The minimum atomic E-state index is -0.00604. The number of hydrazone groups is 1. The van der Waals surface area contributed by atoms with Crippen molar-refractivity contribution >= 4 is 51.0 Å². The summed E-state index contributed by atoms with van der Waals surface area (Å²) in [4.78, 5) is 19.1. The first kappa shape index (κ1) is 23.4. The van der Waals surface area contributed by atoms with E-state index in [0.29, 0.717) is 6.54 Å². The van der Waals surface area contributed by atoms with E-state index in [9.17, 15) is 4.79 Å². The van der Waals surface area contributed by atoms with Gasteiger partial charge in [0.2, 0.25) is 5.91 Å². The minimum Gasteiger partial charge on any atom is -0.316 e. The molecule has 0 bridgehead atoms. The Balaban J connectivity index is 0.00000259. The normalized spacial score (nSPS) is 16.3. The highest BCUT2D eigenvalue weighted by Crippen LogP contribution is 2.32. The fraction of sp³-hybridized carbons (Fsp3) is 0.320. The fourth-order valence-corrected chi connectivity index (χ4v) is 5.33. The van der Waals surface area contributed by atoms with E-state index in [1.807, 2.05) is 36.5 Å². The van der Waals surface area contributed by atoms with E-state index in [1.54, 1.807) is 16.3 Å². The van der Waals surface area contributed by atoms with Crippen molar-refractivity contribution in [1.29, 1.82) is 0 Å². The molecule has 3 heterocycles. The number of halogens is 1. The van der Waals surface area contributed by atoms with Gasteiger partial charge in [0.15, 0.2) is 4.96 Å². The summed E-state index contributed by atoms with van der Waals surface area (Å²) in [5.41, 5.74) is 3.93. The van der Waals surface area contributed by atoms with Crippen LogP contribution < -0.4 is 5.32 Å². The molecule has 6 nitrogen and oxygen atoms in total. The third-order valence-corrected chi connectivity index (χ3v) is 6.91. The maximum Gasteiger partial charge on any atom is 0.247 e. The van der Waals surface area contributed by atoms with E-state index in [4.69, 9.17) is 10.1 Å². The Kier molecular flexibility index (Phi) is 7.42. The molecule has 1 unspecified atom stereocenters. The molecule has 1 fully saturated rings. The van der Waals surface area contributed by atoms with Crippen LogP contribution in [-0.2, 0) is 4.79 Å². The second-order valence-corrected chi connectivity index (χ2v) is 9.16. The number of thiazole rings is 1. The summed E-state index contributed by atoms with van der Waals surface area (Å²) in [7, 11) is 0. The molecule has 1 aliphatic rings. The first-order valence-corrected chi connectivity index (χ1v) is 12.1. The highest BCUT2D eigenvalue weighted by Gasteiger charge is 2.26. The van der Waals surface area contributed by atoms with Gasteiger partial charge in [-0.1, -0.05) is 60.7 Å². The number of fused-ring (bicyclic) bond motifs is 3. The molecular weight excluding hydrogens is 454 g/mol. The standard InChI is InChI=1S/C25H27N5OS.ClH/c1-2-15-29(24(31)19-11-8-14-26-16-19)27-17-21-23(18-9-4-3-5-10-18)28-25-30(21)20-12-6-7-13-22(20)32-25;/h3-7,9-10,12-13,17,19,26H,2,8,11,14-16H2,1H3;1H. The number of amides is 1. The molecule has 2 aromatic carbocycles. The summed E-state index contributed by atoms with van der Waals surface area (Å²) < 4.78 is 3.34. The van der Waals surface area contributed by atoms with Crippen molar-refractivity contribution in [1.82, 2.24) is 19.7 Å². The zero-order valence-corrected chi connectivity index (χ0v) is 20.2. The van der Waals surface area contributed by atoms with E-state index in [2.05, 4.69) is 40.9 Å². The van der Waals surface area contributed by atoms with E-state index >= 15 is 0 Å². The van der Waals surface area contributed by atoms with E-state index in [0.717, 1.165) is 59.8 Å². The number of benzene rings is 2. The SMILES string of the molecule is CCCN(N=Cc1c(-c2ccccc2)nc2sc3ccccc3n12)C(=O)C1CCCNC1.Cl. The number of carbonyl (C=O) groups excluding carboxylic acids is 1. The molecule has 1 amide bonds. The smallest absolute Gasteiger partial charge is 0.247 e. The molecule has 1 aliphatic heterocycles. The molecule has 33 heavy (non-hydrogen) atoms. The molecule has 1 saturated heterocycles. The van der Waals surface area contributed by atoms with Gasteiger partial charge < -0.3 is 5.32 Å². The predicted molar refractivity (Wildman–Crippen MR) is 138 cm³/mol. The molecule has 8 heteroatoms. The molecule has 0 radical (unpaired) electrons. The van der Waals surface area contributed by atoms with Gasteiger partial charge in [-0.2, -0.15) is 5.10 Å². The van der Waals surface area contributed by atoms with Crippen molar-refractivity contribution < 1.29 is 4.79 Å². The summed E-state index contributed by atoms with van der Waals surface area (Å²) in [5.74, 6) is 0.0981. The van der Waals surface area contributed by atoms with Gasteiger partial charge in [-0.05, 0) is 37.9 Å². The van der Waals surface area contributed by atoms with Crippen molar-refractivity contribution in [2.24, 2.45) is 11.0 Å². The van der Waals surface area contributed by atoms with Crippen LogP contribution in [0.3, 0.4) is 0 Å². The Morgan fingerprint density at radius 2 is 2.03 bits per heavy atom. The summed E-state index contributed by atoms with van der Waals surface area (Å²) in [6, 6.07) is 18.5. The predicted octanol–water partition coefficient (Wildman–Crippen LogP) is 5.21. The average molecular weight is 482 g/mol. The number of rotatable bonds is 6. The van der Waals surface area contributed by atoms with Gasteiger partial charge in [-0.3, -0.25) is 9.20 Å². The molecule has 0 spiro atoms. The van der Waals surface area contributed by atoms with Crippen molar-refractivity contribution in [2.75, 3.05) is 19.6 Å². The van der Waals surface area contributed by atoms with Crippen LogP contribution in [-0.4, -0.2) is 46.1 Å². The van der Waals surface area contributed by atoms with Crippen molar-refractivity contribution in [3.05, 3.63) is 60.3 Å². The third kappa shape index (κ3) is 4.67. The Labute approximate surface area is 203 Å². The lowest BCUT2D eigenvalue weighted by Gasteiger charge is -2.26. The van der Waals surface area contributed by atoms with Crippen LogP contribution >= 0.6 is 23.7 Å². The number of aromatic nitrogens is 2. The monoisotopic (exact) mass is 481 g/mol. The number of nitrogens with one attached hydrogen (secondary N) is 1. The number of piperidine rings is 1. The van der Waals surface area contributed by atoms with Crippen molar-refractivity contribution in [3.8, 4) is 11.3 Å². The lowest BCUT2D eigenvalue weighted by molar-refractivity contribution is -0.136. The second-order valence-electron chi connectivity index (χ2n) is 8.15. The van der Waals surface area contributed by atoms with Crippen LogP contribution in [0.25, 0.3) is 26.4 Å². The van der Waals surface area contributed by atoms with Gasteiger partial charge in [-0.25, -0.2) is 9.99 Å². The van der Waals surface area contributed by atoms with E-state index in [-0.39, 0.29) is 24.2 Å². The molecule has 1 atom stereocenters. The summed E-state index contributed by atoms with van der Waals surface area (Å²) in [5, 5.41) is 9.72. The molecule has 2 aromatic heterocycles. The quantitative estimate of drug-likeness (QED) is 0.304. The highest BCUT2D eigenvalue weighted by molar-refractivity contribution is 7.23. The molecular formula is C25H28ClN5OS. The van der Waals surface area contributed by atoms with Crippen LogP contribution in [0.2, 0.25) is 0 Å². The maximum absolute atomic E-state index is 13.2. The van der Waals surface area contributed by atoms with Crippen LogP contribution in [0.4, 0.5) is 0 Å². The molecule has 0 saturated carbocycles. The molecule has 0 aliphatic carbocycles. The average Bonchev–Trinajstić information content (AvgIpc) is 3.39. The van der Waals surface area contributed by atoms with Gasteiger partial charge in [-0.15, -0.1) is 12.4 Å². The molecule has 4 aromatic rings. The van der Waals surface area contributed by atoms with Gasteiger partial charge in [0.1, 0.15) is 0 Å². The van der Waals surface area contributed by atoms with Crippen LogP contribution in [0.1, 0.15) is 31.9 Å². The Bertz CT molecular complexity index is 1260. The summed E-state index contributed by atoms with van der Waals surface area (Å²) >= 11 is 1.67. The molecule has 1 N–H and O–H groups in total. The van der Waals surface area contributed by atoms with Crippen LogP contribution in [0.5, 0.6) is 0 Å². The number of hydrogen-bond acceptors (Lipinski definition) is 5. The summed E-state index contributed by atoms with van der Waals surface area (Å²) in [6.45, 7) is 4.41. The van der Waals surface area contributed by atoms with Gasteiger partial charge in [0, 0.05) is 18.7 Å². The topological polar surface area (TPSA) is 62.0 Å².